The first kappa shape index (κ1) is 25.1. The Bertz CT molecular complexity index is 1240. The normalized spacial score (nSPS) is 23.6. The number of carbonyl (C=O) groups excluding carboxylic acids is 2. The second kappa shape index (κ2) is 10.4. The Kier molecular flexibility index (Phi) is 7.28. The van der Waals surface area contributed by atoms with Gasteiger partial charge in [-0.25, -0.2) is 8.42 Å². The summed E-state index contributed by atoms with van der Waals surface area (Å²) >= 11 is 0. The molecule has 2 unspecified atom stereocenters. The van der Waals surface area contributed by atoms with Gasteiger partial charge in [-0.1, -0.05) is 6.07 Å². The van der Waals surface area contributed by atoms with Gasteiger partial charge in [-0.05, 0) is 82.1 Å². The van der Waals surface area contributed by atoms with Gasteiger partial charge in [0.1, 0.15) is 6.04 Å². The Balaban J connectivity index is 1.23. The van der Waals surface area contributed by atoms with Crippen LogP contribution in [-0.4, -0.2) is 91.3 Å². The first-order valence-corrected chi connectivity index (χ1v) is 14.5. The van der Waals surface area contributed by atoms with Gasteiger partial charge in [-0.3, -0.25) is 14.6 Å². The number of likely N-dealkylation sites (tertiary alicyclic amines) is 3. The number of nitrogens with one attached hydrogen (secondary N) is 1. The third kappa shape index (κ3) is 5.40. The van der Waals surface area contributed by atoms with Crippen molar-refractivity contribution in [3.8, 4) is 0 Å². The maximum absolute atomic E-state index is 13.2. The summed E-state index contributed by atoms with van der Waals surface area (Å²) < 4.78 is 28.8. The maximum Gasteiger partial charge on any atom is 0.242 e. The van der Waals surface area contributed by atoms with Crippen molar-refractivity contribution in [3.63, 3.8) is 0 Å². The van der Waals surface area contributed by atoms with E-state index < -0.39 is 16.1 Å². The molecule has 3 fully saturated rings. The number of amides is 2. The number of hydrogen-bond acceptors (Lipinski definition) is 6. The Morgan fingerprint density at radius 3 is 2.61 bits per heavy atom. The minimum atomic E-state index is -3.91. The molecule has 3 aliphatic rings. The average Bonchev–Trinajstić information content (AvgIpc) is 3.54. The summed E-state index contributed by atoms with van der Waals surface area (Å²) in [5.41, 5.74) is 0.856. The lowest BCUT2D eigenvalue weighted by Crippen LogP contribution is -2.55. The highest BCUT2D eigenvalue weighted by Gasteiger charge is 2.36. The number of pyridine rings is 1. The van der Waals surface area contributed by atoms with Crippen LogP contribution in [0.3, 0.4) is 0 Å². The molecule has 1 aromatic carbocycles. The number of hydrogen-bond donors (Lipinski definition) is 1. The molecule has 1 aromatic heterocycles. The van der Waals surface area contributed by atoms with E-state index >= 15 is 0 Å². The van der Waals surface area contributed by atoms with Crippen LogP contribution in [-0.2, 0) is 19.6 Å². The fraction of sp³-hybridized carbons (Fsp3) is 0.577. The molecule has 2 aromatic rings. The Morgan fingerprint density at radius 1 is 1.03 bits per heavy atom. The van der Waals surface area contributed by atoms with Crippen molar-refractivity contribution in [1.29, 1.82) is 0 Å². The fourth-order valence-electron chi connectivity index (χ4n) is 5.73. The molecule has 0 radical (unpaired) electrons. The van der Waals surface area contributed by atoms with Crippen LogP contribution in [0.5, 0.6) is 0 Å². The van der Waals surface area contributed by atoms with Crippen LogP contribution < -0.4 is 4.72 Å². The summed E-state index contributed by atoms with van der Waals surface area (Å²) in [5.74, 6) is -0.363. The topological polar surface area (TPSA) is 103 Å². The first-order valence-electron chi connectivity index (χ1n) is 13.0. The number of aryl methyl sites for hydroxylation is 1. The summed E-state index contributed by atoms with van der Waals surface area (Å²) in [6.07, 6.45) is 7.13. The Labute approximate surface area is 212 Å². The highest BCUT2D eigenvalue weighted by atomic mass is 32.2. The molecule has 0 saturated carbocycles. The summed E-state index contributed by atoms with van der Waals surface area (Å²) in [5, 5.41) is 1.63. The lowest BCUT2D eigenvalue weighted by Gasteiger charge is -2.34. The molecule has 194 valence electrons. The number of benzene rings is 1. The molecule has 4 heterocycles. The molecular formula is C26H35N5O4S. The van der Waals surface area contributed by atoms with Gasteiger partial charge >= 0.3 is 0 Å². The van der Waals surface area contributed by atoms with Crippen LogP contribution in [0.2, 0.25) is 0 Å². The van der Waals surface area contributed by atoms with E-state index in [1.165, 1.54) is 17.7 Å². The third-order valence-corrected chi connectivity index (χ3v) is 9.13. The highest BCUT2D eigenvalue weighted by molar-refractivity contribution is 7.89. The maximum atomic E-state index is 13.2. The number of rotatable bonds is 7. The quantitative estimate of drug-likeness (QED) is 0.607. The van der Waals surface area contributed by atoms with Gasteiger partial charge in [0.05, 0.1) is 11.4 Å². The van der Waals surface area contributed by atoms with E-state index in [1.807, 2.05) is 17.9 Å². The number of piperidine rings is 1. The molecular weight excluding hydrogens is 478 g/mol. The molecule has 3 aliphatic heterocycles. The molecule has 0 spiro atoms. The molecule has 0 bridgehead atoms. The molecule has 0 aliphatic carbocycles. The van der Waals surface area contributed by atoms with E-state index in [-0.39, 0.29) is 29.3 Å². The van der Waals surface area contributed by atoms with E-state index in [2.05, 4.69) is 14.6 Å². The van der Waals surface area contributed by atoms with Gasteiger partial charge in [0, 0.05) is 43.0 Å². The third-order valence-electron chi connectivity index (χ3n) is 7.66. The molecule has 3 saturated heterocycles. The van der Waals surface area contributed by atoms with Gasteiger partial charge in [0.25, 0.3) is 0 Å². The lowest BCUT2D eigenvalue weighted by molar-refractivity contribution is -0.143. The van der Waals surface area contributed by atoms with Crippen LogP contribution in [0.1, 0.15) is 44.2 Å². The Morgan fingerprint density at radius 2 is 1.81 bits per heavy atom. The van der Waals surface area contributed by atoms with Crippen molar-refractivity contribution in [2.45, 2.75) is 62.4 Å². The van der Waals surface area contributed by atoms with Crippen LogP contribution in [0.15, 0.2) is 35.4 Å². The highest BCUT2D eigenvalue weighted by Crippen LogP contribution is 2.23. The largest absolute Gasteiger partial charge is 0.337 e. The van der Waals surface area contributed by atoms with Crippen molar-refractivity contribution in [1.82, 2.24) is 24.4 Å². The first-order chi connectivity index (χ1) is 17.3. The SMILES string of the molecule is Cc1cc2ccc(S(=O)(=O)NC3CCCN(CC(=O)N4CCCC4CN4CCCC4)C3=O)cc2cn1. The van der Waals surface area contributed by atoms with Gasteiger partial charge < -0.3 is 14.7 Å². The minimum absolute atomic E-state index is 0.00849. The van der Waals surface area contributed by atoms with Crippen LogP contribution in [0.4, 0.5) is 0 Å². The zero-order valence-electron chi connectivity index (χ0n) is 20.9. The molecule has 1 N–H and O–H groups in total. The second-order valence-electron chi connectivity index (χ2n) is 10.3. The van der Waals surface area contributed by atoms with E-state index in [0.29, 0.717) is 19.4 Å². The monoisotopic (exact) mass is 513 g/mol. The molecule has 2 atom stereocenters. The predicted molar refractivity (Wildman–Crippen MR) is 137 cm³/mol. The summed E-state index contributed by atoms with van der Waals surface area (Å²) in [6.45, 7) is 6.18. The minimum Gasteiger partial charge on any atom is -0.337 e. The van der Waals surface area contributed by atoms with E-state index in [4.69, 9.17) is 0 Å². The molecule has 5 rings (SSSR count). The second-order valence-corrected chi connectivity index (χ2v) is 12.0. The van der Waals surface area contributed by atoms with Crippen molar-refractivity contribution in [2.24, 2.45) is 0 Å². The molecule has 10 heteroatoms. The van der Waals surface area contributed by atoms with Crippen LogP contribution in [0, 0.1) is 6.92 Å². The van der Waals surface area contributed by atoms with Crippen molar-refractivity contribution >= 4 is 32.6 Å². The summed E-state index contributed by atoms with van der Waals surface area (Å²) in [7, 11) is -3.91. The van der Waals surface area contributed by atoms with Gasteiger partial charge in [0.15, 0.2) is 0 Å². The number of nitrogens with zero attached hydrogens (tertiary/aromatic N) is 4. The van der Waals surface area contributed by atoms with Crippen molar-refractivity contribution in [2.75, 3.05) is 39.3 Å². The zero-order valence-corrected chi connectivity index (χ0v) is 21.7. The molecule has 2 amide bonds. The standard InChI is InChI=1S/C26H35N5O4S/c1-19-14-20-8-9-23(15-21(20)16-27-19)36(34,35)28-24-7-5-12-30(26(24)33)18-25(32)31-13-4-6-22(31)17-29-10-2-3-11-29/h8-9,14-16,22,24,28H,2-7,10-13,17-18H2,1H3. The lowest BCUT2D eigenvalue weighted by atomic mass is 10.1. The molecule has 9 nitrogen and oxygen atoms in total. The fourth-order valence-corrected chi connectivity index (χ4v) is 6.99. The van der Waals surface area contributed by atoms with E-state index in [1.54, 1.807) is 24.4 Å². The summed E-state index contributed by atoms with van der Waals surface area (Å²) in [4.78, 5) is 36.6. The number of aromatic nitrogens is 1. The number of fused-ring (bicyclic) bond motifs is 1. The Hall–Kier alpha value is -2.56. The smallest absolute Gasteiger partial charge is 0.242 e. The van der Waals surface area contributed by atoms with Crippen LogP contribution in [0.25, 0.3) is 10.8 Å². The van der Waals surface area contributed by atoms with E-state index in [9.17, 15) is 18.0 Å². The zero-order chi connectivity index (χ0) is 25.3. The van der Waals surface area contributed by atoms with Gasteiger partial charge in [0.2, 0.25) is 21.8 Å². The van der Waals surface area contributed by atoms with Crippen molar-refractivity contribution < 1.29 is 18.0 Å². The van der Waals surface area contributed by atoms with E-state index in [0.717, 1.165) is 55.5 Å². The van der Waals surface area contributed by atoms with Crippen LogP contribution >= 0.6 is 0 Å². The molecule has 36 heavy (non-hydrogen) atoms. The predicted octanol–water partition coefficient (Wildman–Crippen LogP) is 1.90. The van der Waals surface area contributed by atoms with Gasteiger partial charge in [-0.2, -0.15) is 4.72 Å². The average molecular weight is 514 g/mol. The number of sulfonamides is 1. The summed E-state index contributed by atoms with van der Waals surface area (Å²) in [6, 6.07) is 6.10. The van der Waals surface area contributed by atoms with Gasteiger partial charge in [-0.15, -0.1) is 0 Å². The van der Waals surface area contributed by atoms with Crippen molar-refractivity contribution in [3.05, 3.63) is 36.2 Å². The number of carbonyl (C=O) groups is 2.